The summed E-state index contributed by atoms with van der Waals surface area (Å²) in [7, 11) is 0. The lowest BCUT2D eigenvalue weighted by Crippen LogP contribution is -2.46. The van der Waals surface area contributed by atoms with Gasteiger partial charge < -0.3 is 20.3 Å². The molecule has 1 amide bonds. The summed E-state index contributed by atoms with van der Waals surface area (Å²) in [4.78, 5) is 26.2. The second-order valence-electron chi connectivity index (χ2n) is 19.7. The number of unbranched alkanes of at least 4 members (excludes halogenated alkanes) is 36. The van der Waals surface area contributed by atoms with Gasteiger partial charge in [0.15, 0.2) is 0 Å². The minimum atomic E-state index is -0.788. The fraction of sp³-hybridized carbons (Fsp3) is 0.897. The second-order valence-corrected chi connectivity index (χ2v) is 19.7. The molecule has 3 unspecified atom stereocenters. The van der Waals surface area contributed by atoms with Crippen LogP contribution < -0.4 is 5.32 Å². The summed E-state index contributed by atoms with van der Waals surface area (Å²) in [6.45, 7) is 6.48. The number of hydrogen-bond donors (Lipinski definition) is 3. The molecule has 378 valence electrons. The number of hydrogen-bond acceptors (Lipinski definition) is 5. The van der Waals surface area contributed by atoms with E-state index in [1.807, 2.05) is 0 Å². The number of carbonyl (C=O) groups is 2. The summed E-state index contributed by atoms with van der Waals surface area (Å²) in [5, 5.41) is 23.9. The van der Waals surface area contributed by atoms with Crippen molar-refractivity contribution in [1.29, 1.82) is 0 Å². The minimum Gasteiger partial charge on any atom is -0.462 e. The van der Waals surface area contributed by atoms with Crippen molar-refractivity contribution in [2.24, 2.45) is 0 Å². The molecule has 0 spiro atoms. The second kappa shape index (κ2) is 52.3. The Bertz CT molecular complexity index is 1010. The van der Waals surface area contributed by atoms with Gasteiger partial charge in [-0.15, -0.1) is 0 Å². The molecule has 0 saturated heterocycles. The maximum Gasteiger partial charge on any atom is 0.306 e. The first kappa shape index (κ1) is 62.3. The summed E-state index contributed by atoms with van der Waals surface area (Å²) >= 11 is 0. The molecule has 0 radical (unpaired) electrons. The van der Waals surface area contributed by atoms with Crippen LogP contribution in [0.1, 0.15) is 310 Å². The number of rotatable bonds is 52. The Morgan fingerprint density at radius 1 is 0.438 bits per heavy atom. The molecule has 0 aromatic heterocycles. The first-order valence-electron chi connectivity index (χ1n) is 28.6. The van der Waals surface area contributed by atoms with E-state index < -0.39 is 18.2 Å². The number of aliphatic hydroxyl groups is 2. The zero-order chi connectivity index (χ0) is 46.7. The Kier molecular flexibility index (Phi) is 51.0. The van der Waals surface area contributed by atoms with Crippen molar-refractivity contribution >= 4 is 11.9 Å². The van der Waals surface area contributed by atoms with E-state index in [9.17, 15) is 19.8 Å². The van der Waals surface area contributed by atoms with Crippen molar-refractivity contribution in [1.82, 2.24) is 5.32 Å². The van der Waals surface area contributed by atoms with Crippen LogP contribution in [0, 0.1) is 0 Å². The van der Waals surface area contributed by atoms with Crippen LogP contribution in [-0.2, 0) is 14.3 Å². The molecular weight excluding hydrogens is 791 g/mol. The van der Waals surface area contributed by atoms with E-state index in [0.717, 1.165) is 57.8 Å². The van der Waals surface area contributed by atoms with Gasteiger partial charge in [0.1, 0.15) is 6.10 Å². The van der Waals surface area contributed by atoms with E-state index in [1.165, 1.54) is 205 Å². The summed E-state index contributed by atoms with van der Waals surface area (Å²) in [5.41, 5.74) is 0. The lowest BCUT2D eigenvalue weighted by molar-refractivity contribution is -0.151. The van der Waals surface area contributed by atoms with Gasteiger partial charge in [0.05, 0.1) is 25.2 Å². The number of esters is 1. The van der Waals surface area contributed by atoms with E-state index in [4.69, 9.17) is 4.74 Å². The lowest BCUT2D eigenvalue weighted by atomic mass is 10.0. The van der Waals surface area contributed by atoms with E-state index in [-0.39, 0.29) is 24.9 Å². The Morgan fingerprint density at radius 3 is 1.16 bits per heavy atom. The zero-order valence-corrected chi connectivity index (χ0v) is 43.2. The third-order valence-electron chi connectivity index (χ3n) is 13.3. The van der Waals surface area contributed by atoms with Crippen LogP contribution in [-0.4, -0.2) is 46.9 Å². The summed E-state index contributed by atoms with van der Waals surface area (Å²) in [5.74, 6) is -0.474. The smallest absolute Gasteiger partial charge is 0.306 e. The molecule has 0 fully saturated rings. The van der Waals surface area contributed by atoms with Crippen LogP contribution >= 0.6 is 0 Å². The Morgan fingerprint density at radius 2 is 0.766 bits per heavy atom. The van der Waals surface area contributed by atoms with Crippen molar-refractivity contribution in [2.45, 2.75) is 328 Å². The molecule has 0 aliphatic carbocycles. The standard InChI is InChI=1S/C58H111NO5/c1-4-7-10-13-16-19-22-24-26-28-30-32-35-37-40-43-46-49-54(64-58(63)51-48-45-42-39-34-21-18-15-12-9-6-3)52-57(62)59-55(53-60)56(61)50-47-44-41-38-36-33-31-29-27-25-23-20-17-14-11-8-5-2/h15,18,24,26,54-56,60-61H,4-14,16-17,19-23,25,27-53H2,1-3H3,(H,59,62)/b18-15-,26-24+. The quantitative estimate of drug-likeness (QED) is 0.0321. The van der Waals surface area contributed by atoms with E-state index in [2.05, 4.69) is 50.4 Å². The first-order chi connectivity index (χ1) is 31.5. The van der Waals surface area contributed by atoms with Crippen LogP contribution in [0.4, 0.5) is 0 Å². The Hall–Kier alpha value is -1.66. The SMILES string of the molecule is CCCC/C=C\CCCCCCCC(=O)OC(CCCCCCCCC/C=C/CCCCCCCC)CC(=O)NC(CO)C(O)CCCCCCCCCCCCCCCCCCC. The molecule has 6 nitrogen and oxygen atoms in total. The Labute approximate surface area is 399 Å². The average molecular weight is 903 g/mol. The maximum atomic E-state index is 13.2. The number of ether oxygens (including phenoxy) is 1. The van der Waals surface area contributed by atoms with E-state index >= 15 is 0 Å². The van der Waals surface area contributed by atoms with Gasteiger partial charge in [-0.05, 0) is 70.6 Å². The van der Waals surface area contributed by atoms with Gasteiger partial charge in [-0.3, -0.25) is 9.59 Å². The zero-order valence-electron chi connectivity index (χ0n) is 43.2. The molecular formula is C58H111NO5. The van der Waals surface area contributed by atoms with Crippen LogP contribution in [0.2, 0.25) is 0 Å². The van der Waals surface area contributed by atoms with Gasteiger partial charge in [-0.2, -0.15) is 0 Å². The highest BCUT2D eigenvalue weighted by atomic mass is 16.5. The molecule has 64 heavy (non-hydrogen) atoms. The molecule has 0 aromatic rings. The van der Waals surface area contributed by atoms with Crippen molar-refractivity contribution in [2.75, 3.05) is 6.61 Å². The fourth-order valence-corrected chi connectivity index (χ4v) is 8.88. The number of aliphatic hydroxyl groups excluding tert-OH is 2. The molecule has 0 heterocycles. The average Bonchev–Trinajstić information content (AvgIpc) is 3.29. The number of carbonyl (C=O) groups excluding carboxylic acids is 2. The normalized spacial score (nSPS) is 13.3. The topological polar surface area (TPSA) is 95.9 Å². The van der Waals surface area contributed by atoms with Gasteiger partial charge in [-0.1, -0.05) is 251 Å². The molecule has 6 heteroatoms. The highest BCUT2D eigenvalue weighted by molar-refractivity contribution is 5.77. The molecule has 0 aliphatic heterocycles. The predicted octanol–water partition coefficient (Wildman–Crippen LogP) is 17.5. The number of nitrogens with one attached hydrogen (secondary N) is 1. The predicted molar refractivity (Wildman–Crippen MR) is 278 cm³/mol. The van der Waals surface area contributed by atoms with Crippen molar-refractivity contribution < 1.29 is 24.5 Å². The number of amides is 1. The largest absolute Gasteiger partial charge is 0.462 e. The first-order valence-corrected chi connectivity index (χ1v) is 28.6. The lowest BCUT2D eigenvalue weighted by Gasteiger charge is -2.24. The van der Waals surface area contributed by atoms with Gasteiger partial charge >= 0.3 is 5.97 Å². The van der Waals surface area contributed by atoms with Crippen molar-refractivity contribution in [3.63, 3.8) is 0 Å². The molecule has 3 N–H and O–H groups in total. The van der Waals surface area contributed by atoms with Crippen LogP contribution in [0.15, 0.2) is 24.3 Å². The monoisotopic (exact) mass is 902 g/mol. The summed E-state index contributed by atoms with van der Waals surface area (Å²) in [6, 6.07) is -0.701. The van der Waals surface area contributed by atoms with Gasteiger partial charge in [-0.25, -0.2) is 0 Å². The van der Waals surface area contributed by atoms with Crippen LogP contribution in [0.5, 0.6) is 0 Å². The molecule has 0 rings (SSSR count). The summed E-state index contributed by atoms with van der Waals surface area (Å²) in [6.07, 6.45) is 61.0. The van der Waals surface area contributed by atoms with Gasteiger partial charge in [0.2, 0.25) is 5.91 Å². The maximum absolute atomic E-state index is 13.2. The van der Waals surface area contributed by atoms with E-state index in [1.54, 1.807) is 0 Å². The third kappa shape index (κ3) is 46.9. The van der Waals surface area contributed by atoms with Crippen LogP contribution in [0.3, 0.4) is 0 Å². The molecule has 3 atom stereocenters. The number of allylic oxidation sites excluding steroid dienone is 4. The van der Waals surface area contributed by atoms with Gasteiger partial charge in [0, 0.05) is 6.42 Å². The van der Waals surface area contributed by atoms with Crippen molar-refractivity contribution in [3.05, 3.63) is 24.3 Å². The Balaban J connectivity index is 4.49. The van der Waals surface area contributed by atoms with E-state index in [0.29, 0.717) is 19.3 Å². The minimum absolute atomic E-state index is 0.0756. The van der Waals surface area contributed by atoms with Crippen LogP contribution in [0.25, 0.3) is 0 Å². The molecule has 0 bridgehead atoms. The summed E-state index contributed by atoms with van der Waals surface area (Å²) < 4.78 is 5.94. The van der Waals surface area contributed by atoms with Gasteiger partial charge in [0.25, 0.3) is 0 Å². The molecule has 0 saturated carbocycles. The molecule has 0 aromatic carbocycles. The third-order valence-corrected chi connectivity index (χ3v) is 13.3. The molecule has 0 aliphatic rings. The fourth-order valence-electron chi connectivity index (χ4n) is 8.88. The highest BCUT2D eigenvalue weighted by Crippen LogP contribution is 2.19. The van der Waals surface area contributed by atoms with Crippen molar-refractivity contribution in [3.8, 4) is 0 Å². The highest BCUT2D eigenvalue weighted by Gasteiger charge is 2.24.